The lowest BCUT2D eigenvalue weighted by Crippen LogP contribution is -1.81. The zero-order valence-electron chi connectivity index (χ0n) is 11.3. The van der Waals surface area contributed by atoms with Crippen LogP contribution in [-0.4, -0.2) is 12.2 Å². The first kappa shape index (κ1) is 14.5. The summed E-state index contributed by atoms with van der Waals surface area (Å²) in [5.74, 6) is 0.808. The van der Waals surface area contributed by atoms with Crippen LogP contribution in [0.3, 0.4) is 0 Å². The second-order valence-electron chi connectivity index (χ2n) is 4.20. The molecule has 0 aromatic heterocycles. The molecule has 0 heterocycles. The van der Waals surface area contributed by atoms with Gasteiger partial charge in [0.15, 0.2) is 5.75 Å². The van der Waals surface area contributed by atoms with Gasteiger partial charge in [-0.3, -0.25) is 0 Å². The molecule has 0 saturated carbocycles. The monoisotopic (exact) mass is 334 g/mol. The Morgan fingerprint density at radius 3 is 2.70 bits per heavy atom. The van der Waals surface area contributed by atoms with Crippen molar-refractivity contribution in [3.63, 3.8) is 0 Å². The van der Waals surface area contributed by atoms with Gasteiger partial charge in [-0.2, -0.15) is 5.11 Å². The fourth-order valence-corrected chi connectivity index (χ4v) is 2.20. The summed E-state index contributed by atoms with van der Waals surface area (Å²) in [5.41, 5.74) is 2.19. The molecule has 0 saturated heterocycles. The topological polar surface area (TPSA) is 54.2 Å². The van der Waals surface area contributed by atoms with Gasteiger partial charge in [0, 0.05) is 6.07 Å². The molecule has 0 amide bonds. The largest absolute Gasteiger partial charge is 0.505 e. The van der Waals surface area contributed by atoms with Gasteiger partial charge < -0.3 is 9.84 Å². The molecule has 2 aromatic rings. The maximum atomic E-state index is 9.97. The molecule has 0 unspecified atom stereocenters. The minimum atomic E-state index is 0.0915. The molecule has 0 fully saturated rings. The normalized spacial score (nSPS) is 10.9. The van der Waals surface area contributed by atoms with Crippen molar-refractivity contribution in [2.24, 2.45) is 10.2 Å². The van der Waals surface area contributed by atoms with Crippen molar-refractivity contribution < 1.29 is 9.84 Å². The van der Waals surface area contributed by atoms with Gasteiger partial charge >= 0.3 is 0 Å². The van der Waals surface area contributed by atoms with Crippen LogP contribution >= 0.6 is 15.9 Å². The second kappa shape index (κ2) is 6.52. The number of hydrogen-bond acceptors (Lipinski definition) is 4. The molecule has 20 heavy (non-hydrogen) atoms. The van der Waals surface area contributed by atoms with Gasteiger partial charge in [0.1, 0.15) is 11.4 Å². The number of hydrogen-bond donors (Lipinski definition) is 1. The molecule has 0 aliphatic heterocycles. The number of ether oxygens (including phenoxy) is 1. The molecule has 2 rings (SSSR count). The molecule has 0 spiro atoms. The summed E-state index contributed by atoms with van der Waals surface area (Å²) in [7, 11) is 1.60. The maximum absolute atomic E-state index is 9.97. The van der Waals surface area contributed by atoms with E-state index < -0.39 is 0 Å². The maximum Gasteiger partial charge on any atom is 0.157 e. The van der Waals surface area contributed by atoms with E-state index in [4.69, 9.17) is 4.74 Å². The van der Waals surface area contributed by atoms with Gasteiger partial charge in [-0.15, -0.1) is 5.11 Å². The highest BCUT2D eigenvalue weighted by atomic mass is 79.9. The number of methoxy groups -OCH3 is 1. The van der Waals surface area contributed by atoms with E-state index in [1.165, 1.54) is 0 Å². The van der Waals surface area contributed by atoms with Gasteiger partial charge in [0.2, 0.25) is 0 Å². The molecule has 2 aromatic carbocycles. The quantitative estimate of drug-likeness (QED) is 0.787. The van der Waals surface area contributed by atoms with Crippen LogP contribution in [0.5, 0.6) is 11.5 Å². The number of azo groups is 1. The van der Waals surface area contributed by atoms with Crippen LogP contribution in [0.4, 0.5) is 11.4 Å². The Hall–Kier alpha value is -1.88. The Morgan fingerprint density at radius 2 is 2.00 bits per heavy atom. The van der Waals surface area contributed by atoms with Crippen molar-refractivity contribution in [1.82, 2.24) is 0 Å². The zero-order valence-corrected chi connectivity index (χ0v) is 12.9. The Bertz CT molecular complexity index is 642. The average Bonchev–Trinajstić information content (AvgIpc) is 2.48. The van der Waals surface area contributed by atoms with E-state index in [1.807, 2.05) is 37.3 Å². The first-order valence-electron chi connectivity index (χ1n) is 6.21. The Kier molecular flexibility index (Phi) is 4.74. The van der Waals surface area contributed by atoms with Gasteiger partial charge in [0.25, 0.3) is 0 Å². The Morgan fingerprint density at radius 1 is 1.20 bits per heavy atom. The fourth-order valence-electron chi connectivity index (χ4n) is 1.70. The fraction of sp³-hybridized carbons (Fsp3) is 0.200. The minimum Gasteiger partial charge on any atom is -0.505 e. The number of nitrogens with zero attached hydrogens (tertiary/aromatic N) is 2. The highest BCUT2D eigenvalue weighted by molar-refractivity contribution is 9.10. The summed E-state index contributed by atoms with van der Waals surface area (Å²) < 4.78 is 5.75. The number of rotatable bonds is 4. The second-order valence-corrected chi connectivity index (χ2v) is 5.05. The van der Waals surface area contributed by atoms with E-state index in [9.17, 15) is 5.11 Å². The SMILES string of the molecule is CCc1cc(Br)c(O)c(N=Nc2cccc(OC)c2)c1. The molecule has 104 valence electrons. The van der Waals surface area contributed by atoms with Gasteiger partial charge in [0.05, 0.1) is 17.3 Å². The van der Waals surface area contributed by atoms with Crippen LogP contribution in [-0.2, 0) is 6.42 Å². The number of phenolic OH excluding ortho intramolecular Hbond substituents is 1. The minimum absolute atomic E-state index is 0.0915. The molecule has 0 aliphatic rings. The summed E-state index contributed by atoms with van der Waals surface area (Å²) in [6, 6.07) is 11.0. The van der Waals surface area contributed by atoms with Gasteiger partial charge in [-0.25, -0.2) is 0 Å². The van der Waals surface area contributed by atoms with E-state index in [0.29, 0.717) is 21.6 Å². The highest BCUT2D eigenvalue weighted by Gasteiger charge is 2.07. The molecular weight excluding hydrogens is 320 g/mol. The van der Waals surface area contributed by atoms with Crippen LogP contribution in [0, 0.1) is 0 Å². The lowest BCUT2D eigenvalue weighted by molar-refractivity contribution is 0.415. The smallest absolute Gasteiger partial charge is 0.157 e. The van der Waals surface area contributed by atoms with Crippen molar-refractivity contribution in [2.45, 2.75) is 13.3 Å². The lowest BCUT2D eigenvalue weighted by atomic mass is 10.1. The summed E-state index contributed by atoms with van der Waals surface area (Å²) >= 11 is 3.32. The summed E-state index contributed by atoms with van der Waals surface area (Å²) in [4.78, 5) is 0. The van der Waals surface area contributed by atoms with Crippen LogP contribution < -0.4 is 4.74 Å². The van der Waals surface area contributed by atoms with E-state index >= 15 is 0 Å². The van der Waals surface area contributed by atoms with Gasteiger partial charge in [-0.1, -0.05) is 13.0 Å². The van der Waals surface area contributed by atoms with Crippen molar-refractivity contribution in [2.75, 3.05) is 7.11 Å². The molecule has 0 aliphatic carbocycles. The van der Waals surface area contributed by atoms with Crippen molar-refractivity contribution in [3.8, 4) is 11.5 Å². The summed E-state index contributed by atoms with van der Waals surface area (Å²) in [6.45, 7) is 2.04. The molecule has 0 radical (unpaired) electrons. The van der Waals surface area contributed by atoms with Crippen molar-refractivity contribution in [3.05, 3.63) is 46.4 Å². The number of phenols is 1. The average molecular weight is 335 g/mol. The van der Waals surface area contributed by atoms with Crippen molar-refractivity contribution in [1.29, 1.82) is 0 Å². The first-order valence-corrected chi connectivity index (χ1v) is 7.00. The molecule has 0 bridgehead atoms. The van der Waals surface area contributed by atoms with Crippen molar-refractivity contribution >= 4 is 27.3 Å². The number of aryl methyl sites for hydroxylation is 1. The van der Waals surface area contributed by atoms with Crippen LogP contribution in [0.1, 0.15) is 12.5 Å². The lowest BCUT2D eigenvalue weighted by Gasteiger charge is -2.04. The van der Waals surface area contributed by atoms with Crippen LogP contribution in [0.2, 0.25) is 0 Å². The van der Waals surface area contributed by atoms with Gasteiger partial charge in [-0.05, 0) is 52.2 Å². The third-order valence-electron chi connectivity index (χ3n) is 2.84. The Labute approximate surface area is 126 Å². The predicted octanol–water partition coefficient (Wildman–Crippen LogP) is 5.14. The zero-order chi connectivity index (χ0) is 14.5. The first-order chi connectivity index (χ1) is 9.63. The molecular formula is C15H15BrN2O2. The standard InChI is InChI=1S/C15H15BrN2O2/c1-3-10-7-13(16)15(19)14(8-10)18-17-11-5-4-6-12(9-11)20-2/h4-9,19H,3H2,1-2H3. The van der Waals surface area contributed by atoms with E-state index in [-0.39, 0.29) is 5.75 Å². The van der Waals surface area contributed by atoms with Crippen LogP contribution in [0.25, 0.3) is 0 Å². The number of benzene rings is 2. The third kappa shape index (κ3) is 3.36. The van der Waals surface area contributed by atoms with E-state index in [0.717, 1.165) is 12.0 Å². The predicted molar refractivity (Wildman–Crippen MR) is 82.4 cm³/mol. The van der Waals surface area contributed by atoms with Crippen LogP contribution in [0.15, 0.2) is 51.1 Å². The summed E-state index contributed by atoms with van der Waals surface area (Å²) in [5, 5.41) is 18.2. The third-order valence-corrected chi connectivity index (χ3v) is 3.44. The molecule has 5 heteroatoms. The van der Waals surface area contributed by atoms with E-state index in [2.05, 4.69) is 26.2 Å². The number of halogens is 1. The highest BCUT2D eigenvalue weighted by Crippen LogP contribution is 2.36. The molecule has 1 N–H and O–H groups in total. The number of aromatic hydroxyl groups is 1. The Balaban J connectivity index is 2.33. The molecule has 0 atom stereocenters. The molecule has 4 nitrogen and oxygen atoms in total. The van der Waals surface area contributed by atoms with E-state index in [1.54, 1.807) is 13.2 Å². The summed E-state index contributed by atoms with van der Waals surface area (Å²) in [6.07, 6.45) is 0.862.